The lowest BCUT2D eigenvalue weighted by Gasteiger charge is -2.21. The fourth-order valence-corrected chi connectivity index (χ4v) is 2.05. The van der Waals surface area contributed by atoms with Crippen molar-refractivity contribution in [2.45, 2.75) is 13.5 Å². The second-order valence-corrected chi connectivity index (χ2v) is 4.82. The summed E-state index contributed by atoms with van der Waals surface area (Å²) in [5.74, 6) is 0.707. The van der Waals surface area contributed by atoms with E-state index in [4.69, 9.17) is 18.0 Å². The van der Waals surface area contributed by atoms with Gasteiger partial charge in [0, 0.05) is 26.0 Å². The van der Waals surface area contributed by atoms with Gasteiger partial charge in [-0.05, 0) is 18.1 Å². The molecule has 0 spiro atoms. The maximum atomic E-state index is 5.68. The lowest BCUT2D eigenvalue weighted by molar-refractivity contribution is 0.881. The molecule has 0 saturated carbocycles. The highest BCUT2D eigenvalue weighted by atomic mass is 32.1. The average molecular weight is 272 g/mol. The number of aryl methyl sites for hydroxylation is 1. The first-order valence-electron chi connectivity index (χ1n) is 5.96. The fourth-order valence-electron chi connectivity index (χ4n) is 1.90. The first kappa shape index (κ1) is 13.4. The maximum Gasteiger partial charge on any atom is 0.157 e. The number of benzene rings is 1. The molecule has 0 fully saturated rings. The van der Waals surface area contributed by atoms with Gasteiger partial charge >= 0.3 is 0 Å². The number of hydrogen-bond donors (Lipinski definition) is 1. The van der Waals surface area contributed by atoms with Gasteiger partial charge in [0.2, 0.25) is 0 Å². The molecule has 0 atom stereocenters. The minimum Gasteiger partial charge on any atom is -0.388 e. The van der Waals surface area contributed by atoms with Crippen LogP contribution in [0.25, 0.3) is 0 Å². The Bertz CT molecular complexity index is 598. The molecule has 5 heteroatoms. The molecule has 2 N–H and O–H groups in total. The van der Waals surface area contributed by atoms with Crippen LogP contribution < -0.4 is 10.6 Å². The number of hydrogen-bond acceptors (Lipinski definition) is 4. The molecule has 1 aromatic heterocycles. The van der Waals surface area contributed by atoms with Crippen molar-refractivity contribution in [1.29, 1.82) is 0 Å². The number of rotatable bonds is 4. The van der Waals surface area contributed by atoms with Crippen LogP contribution in [-0.2, 0) is 6.54 Å². The van der Waals surface area contributed by atoms with Crippen LogP contribution in [0.2, 0.25) is 0 Å². The van der Waals surface area contributed by atoms with Crippen molar-refractivity contribution in [1.82, 2.24) is 9.97 Å². The van der Waals surface area contributed by atoms with E-state index in [1.165, 1.54) is 11.1 Å². The SMILES string of the molecule is Cc1ccccc1CN(C)c1nccnc1C(N)=S. The summed E-state index contributed by atoms with van der Waals surface area (Å²) in [6, 6.07) is 8.25. The Labute approximate surface area is 118 Å². The summed E-state index contributed by atoms with van der Waals surface area (Å²) in [6.45, 7) is 2.83. The molecular weight excluding hydrogens is 256 g/mol. The van der Waals surface area contributed by atoms with Gasteiger partial charge in [0.1, 0.15) is 10.7 Å². The van der Waals surface area contributed by atoms with Gasteiger partial charge in [-0.2, -0.15) is 0 Å². The standard InChI is InChI=1S/C14H16N4S/c1-10-5-3-4-6-11(10)9-18(2)14-12(13(15)19)16-7-8-17-14/h3-8H,9H2,1-2H3,(H2,15,19). The van der Waals surface area contributed by atoms with E-state index in [1.807, 2.05) is 24.1 Å². The van der Waals surface area contributed by atoms with Crippen LogP contribution in [0.3, 0.4) is 0 Å². The van der Waals surface area contributed by atoms with Crippen molar-refractivity contribution in [2.24, 2.45) is 5.73 Å². The van der Waals surface area contributed by atoms with Crippen LogP contribution in [0, 0.1) is 6.92 Å². The van der Waals surface area contributed by atoms with Crippen molar-refractivity contribution < 1.29 is 0 Å². The van der Waals surface area contributed by atoms with E-state index in [0.29, 0.717) is 11.5 Å². The van der Waals surface area contributed by atoms with Crippen molar-refractivity contribution in [3.05, 3.63) is 53.5 Å². The molecule has 0 bridgehead atoms. The first-order valence-corrected chi connectivity index (χ1v) is 6.37. The van der Waals surface area contributed by atoms with Crippen molar-refractivity contribution in [2.75, 3.05) is 11.9 Å². The normalized spacial score (nSPS) is 10.2. The first-order chi connectivity index (χ1) is 9.09. The van der Waals surface area contributed by atoms with Gasteiger partial charge in [0.25, 0.3) is 0 Å². The minimum atomic E-state index is 0.264. The number of thiocarbonyl (C=S) groups is 1. The summed E-state index contributed by atoms with van der Waals surface area (Å²) in [7, 11) is 1.96. The second kappa shape index (κ2) is 5.75. The van der Waals surface area contributed by atoms with Crippen LogP contribution in [0.15, 0.2) is 36.7 Å². The predicted molar refractivity (Wildman–Crippen MR) is 81.2 cm³/mol. The monoisotopic (exact) mass is 272 g/mol. The largest absolute Gasteiger partial charge is 0.388 e. The molecule has 0 aliphatic heterocycles. The summed E-state index contributed by atoms with van der Waals surface area (Å²) in [6.07, 6.45) is 3.24. The minimum absolute atomic E-state index is 0.264. The lowest BCUT2D eigenvalue weighted by Crippen LogP contribution is -2.24. The Hall–Kier alpha value is -2.01. The topological polar surface area (TPSA) is 55.0 Å². The van der Waals surface area contributed by atoms with E-state index in [9.17, 15) is 0 Å². The summed E-state index contributed by atoms with van der Waals surface area (Å²) < 4.78 is 0. The maximum absolute atomic E-state index is 5.68. The van der Waals surface area contributed by atoms with Crippen molar-refractivity contribution in [3.63, 3.8) is 0 Å². The molecule has 1 aromatic carbocycles. The zero-order chi connectivity index (χ0) is 13.8. The summed E-state index contributed by atoms with van der Waals surface area (Å²) in [5, 5.41) is 0. The Morgan fingerprint density at radius 3 is 2.63 bits per heavy atom. The number of aromatic nitrogens is 2. The molecule has 2 rings (SSSR count). The third kappa shape index (κ3) is 3.06. The smallest absolute Gasteiger partial charge is 0.157 e. The molecule has 4 nitrogen and oxygen atoms in total. The third-order valence-electron chi connectivity index (χ3n) is 2.94. The van der Waals surface area contributed by atoms with Crippen LogP contribution in [0.1, 0.15) is 16.8 Å². The van der Waals surface area contributed by atoms with Gasteiger partial charge in [-0.1, -0.05) is 36.5 Å². The molecule has 0 amide bonds. The highest BCUT2D eigenvalue weighted by Crippen LogP contribution is 2.17. The summed E-state index contributed by atoms with van der Waals surface area (Å²) in [4.78, 5) is 10.8. The van der Waals surface area contributed by atoms with Gasteiger partial charge in [-0.25, -0.2) is 9.97 Å². The average Bonchev–Trinajstić information content (AvgIpc) is 2.41. The van der Waals surface area contributed by atoms with E-state index in [-0.39, 0.29) is 4.99 Å². The van der Waals surface area contributed by atoms with Crippen molar-refractivity contribution >= 4 is 23.0 Å². The Balaban J connectivity index is 2.28. The van der Waals surface area contributed by atoms with Gasteiger partial charge in [-0.15, -0.1) is 0 Å². The highest BCUT2D eigenvalue weighted by molar-refractivity contribution is 7.80. The number of anilines is 1. The molecule has 0 saturated heterocycles. The van der Waals surface area contributed by atoms with E-state index in [1.54, 1.807) is 12.4 Å². The second-order valence-electron chi connectivity index (χ2n) is 4.38. The molecule has 0 unspecified atom stereocenters. The Kier molecular flexibility index (Phi) is 4.06. The Morgan fingerprint density at radius 2 is 1.95 bits per heavy atom. The molecular formula is C14H16N4S. The van der Waals surface area contributed by atoms with Crippen LogP contribution >= 0.6 is 12.2 Å². The van der Waals surface area contributed by atoms with E-state index in [2.05, 4.69) is 29.0 Å². The molecule has 1 heterocycles. The fraction of sp³-hybridized carbons (Fsp3) is 0.214. The third-order valence-corrected chi connectivity index (χ3v) is 3.14. The van der Waals surface area contributed by atoms with E-state index >= 15 is 0 Å². The molecule has 2 aromatic rings. The quantitative estimate of drug-likeness (QED) is 0.863. The van der Waals surface area contributed by atoms with Crippen LogP contribution in [0.5, 0.6) is 0 Å². The highest BCUT2D eigenvalue weighted by Gasteiger charge is 2.13. The summed E-state index contributed by atoms with van der Waals surface area (Å²) >= 11 is 5.01. The van der Waals surface area contributed by atoms with Crippen LogP contribution in [-0.4, -0.2) is 22.0 Å². The molecule has 0 aliphatic rings. The summed E-state index contributed by atoms with van der Waals surface area (Å²) in [5.41, 5.74) is 8.73. The predicted octanol–water partition coefficient (Wildman–Crippen LogP) is 2.06. The van der Waals surface area contributed by atoms with Gasteiger partial charge in [0.05, 0.1) is 0 Å². The molecule has 0 radical (unpaired) electrons. The van der Waals surface area contributed by atoms with Crippen molar-refractivity contribution in [3.8, 4) is 0 Å². The number of nitrogens with zero attached hydrogens (tertiary/aromatic N) is 3. The molecule has 19 heavy (non-hydrogen) atoms. The molecule has 0 aliphatic carbocycles. The lowest BCUT2D eigenvalue weighted by atomic mass is 10.1. The van der Waals surface area contributed by atoms with Crippen LogP contribution in [0.4, 0.5) is 5.82 Å². The Morgan fingerprint density at radius 1 is 1.26 bits per heavy atom. The van der Waals surface area contributed by atoms with Gasteiger partial charge < -0.3 is 10.6 Å². The van der Waals surface area contributed by atoms with E-state index in [0.717, 1.165) is 6.54 Å². The van der Waals surface area contributed by atoms with Gasteiger partial charge in [-0.3, -0.25) is 0 Å². The zero-order valence-electron chi connectivity index (χ0n) is 11.0. The zero-order valence-corrected chi connectivity index (χ0v) is 11.8. The van der Waals surface area contributed by atoms with Gasteiger partial charge in [0.15, 0.2) is 5.82 Å². The molecule has 98 valence electrons. The van der Waals surface area contributed by atoms with E-state index < -0.39 is 0 Å². The number of nitrogens with two attached hydrogens (primary N) is 1.